The molecule has 3 aromatic heterocycles. The quantitative estimate of drug-likeness (QED) is 0.430. The van der Waals surface area contributed by atoms with Crippen LogP contribution in [0.5, 0.6) is 0 Å². The molecule has 0 saturated heterocycles. The van der Waals surface area contributed by atoms with Crippen LogP contribution in [0, 0.1) is 0 Å². The van der Waals surface area contributed by atoms with Crippen LogP contribution in [-0.2, 0) is 0 Å². The minimum Gasteiger partial charge on any atom is -0.288 e. The van der Waals surface area contributed by atoms with Gasteiger partial charge in [0.15, 0.2) is 10.8 Å². The summed E-state index contributed by atoms with van der Waals surface area (Å²) in [6.07, 6.45) is 0. The van der Waals surface area contributed by atoms with Crippen LogP contribution in [0.25, 0.3) is 38.7 Å². The van der Waals surface area contributed by atoms with Gasteiger partial charge in [-0.3, -0.25) is 4.40 Å². The third kappa shape index (κ3) is 1.50. The predicted octanol–water partition coefficient (Wildman–Crippen LogP) is 4.24. The molecular formula is C17H9ClN4. The maximum Gasteiger partial charge on any atom is 0.164 e. The molecule has 22 heavy (non-hydrogen) atoms. The molecule has 0 fully saturated rings. The number of para-hydroxylation sites is 4. The minimum atomic E-state index is 0.461. The Morgan fingerprint density at radius 2 is 1.36 bits per heavy atom. The van der Waals surface area contributed by atoms with Crippen molar-refractivity contribution in [3.63, 3.8) is 0 Å². The standard InChI is InChI=1S/C17H9ClN4/c18-16-15-9-13-17(21-11-6-2-1-5-10(11)19-13)22(15)14-8-4-3-7-12(14)20-16/h1-9H. The molecule has 5 heteroatoms. The molecule has 0 atom stereocenters. The molecule has 2 aromatic carbocycles. The van der Waals surface area contributed by atoms with E-state index < -0.39 is 0 Å². The van der Waals surface area contributed by atoms with Gasteiger partial charge < -0.3 is 0 Å². The van der Waals surface area contributed by atoms with E-state index in [0.29, 0.717) is 5.15 Å². The highest BCUT2D eigenvalue weighted by Gasteiger charge is 2.13. The van der Waals surface area contributed by atoms with Crippen LogP contribution in [-0.4, -0.2) is 19.4 Å². The zero-order valence-corrected chi connectivity index (χ0v) is 12.1. The lowest BCUT2D eigenvalue weighted by Crippen LogP contribution is -1.94. The summed E-state index contributed by atoms with van der Waals surface area (Å²) in [5.74, 6) is 0. The van der Waals surface area contributed by atoms with Gasteiger partial charge in [0.25, 0.3) is 0 Å². The molecule has 0 amide bonds. The SMILES string of the molecule is Clc1nc2ccccc2n2c1cc1nc3ccccc3nc12. The third-order valence-electron chi connectivity index (χ3n) is 3.86. The molecule has 0 N–H and O–H groups in total. The topological polar surface area (TPSA) is 43.1 Å². The minimum absolute atomic E-state index is 0.461. The first-order valence-corrected chi connectivity index (χ1v) is 7.31. The molecule has 0 aliphatic heterocycles. The molecule has 104 valence electrons. The van der Waals surface area contributed by atoms with Crippen molar-refractivity contribution in [2.45, 2.75) is 0 Å². The van der Waals surface area contributed by atoms with E-state index in [2.05, 4.69) is 4.98 Å². The van der Waals surface area contributed by atoms with Crippen molar-refractivity contribution in [2.75, 3.05) is 0 Å². The van der Waals surface area contributed by atoms with Crippen LogP contribution in [0.1, 0.15) is 0 Å². The Hall–Kier alpha value is -2.72. The number of rotatable bonds is 0. The van der Waals surface area contributed by atoms with Gasteiger partial charge in [-0.15, -0.1) is 0 Å². The van der Waals surface area contributed by atoms with Gasteiger partial charge in [-0.1, -0.05) is 35.9 Å². The Bertz CT molecular complexity index is 1190. The third-order valence-corrected chi connectivity index (χ3v) is 4.13. The number of benzene rings is 2. The summed E-state index contributed by atoms with van der Waals surface area (Å²) < 4.78 is 2.03. The molecule has 0 saturated carbocycles. The average molecular weight is 305 g/mol. The second-order valence-electron chi connectivity index (χ2n) is 5.18. The zero-order chi connectivity index (χ0) is 14.7. The van der Waals surface area contributed by atoms with Gasteiger partial charge in [0.1, 0.15) is 5.52 Å². The smallest absolute Gasteiger partial charge is 0.164 e. The van der Waals surface area contributed by atoms with E-state index in [4.69, 9.17) is 21.6 Å². The monoisotopic (exact) mass is 304 g/mol. The van der Waals surface area contributed by atoms with Crippen molar-refractivity contribution >= 4 is 50.3 Å². The molecule has 0 radical (unpaired) electrons. The summed E-state index contributed by atoms with van der Waals surface area (Å²) in [5, 5.41) is 0.461. The lowest BCUT2D eigenvalue weighted by atomic mass is 10.3. The lowest BCUT2D eigenvalue weighted by molar-refractivity contribution is 1.23. The maximum atomic E-state index is 6.35. The molecule has 4 nitrogen and oxygen atoms in total. The fourth-order valence-electron chi connectivity index (χ4n) is 2.88. The van der Waals surface area contributed by atoms with E-state index in [1.807, 2.05) is 59.0 Å². The molecule has 0 spiro atoms. The van der Waals surface area contributed by atoms with Crippen LogP contribution in [0.4, 0.5) is 0 Å². The van der Waals surface area contributed by atoms with E-state index >= 15 is 0 Å². The van der Waals surface area contributed by atoms with Crippen LogP contribution in [0.2, 0.25) is 5.15 Å². The van der Waals surface area contributed by atoms with Gasteiger partial charge in [-0.25, -0.2) is 15.0 Å². The highest BCUT2D eigenvalue weighted by molar-refractivity contribution is 6.33. The van der Waals surface area contributed by atoms with Gasteiger partial charge >= 0.3 is 0 Å². The van der Waals surface area contributed by atoms with Crippen molar-refractivity contribution in [2.24, 2.45) is 0 Å². The Kier molecular flexibility index (Phi) is 2.24. The van der Waals surface area contributed by atoms with Crippen molar-refractivity contribution in [1.29, 1.82) is 0 Å². The molecule has 0 aliphatic rings. The zero-order valence-electron chi connectivity index (χ0n) is 11.4. The second-order valence-corrected chi connectivity index (χ2v) is 5.54. The van der Waals surface area contributed by atoms with Gasteiger partial charge in [0, 0.05) is 0 Å². The highest BCUT2D eigenvalue weighted by atomic mass is 35.5. The summed E-state index contributed by atoms with van der Waals surface area (Å²) >= 11 is 6.35. The molecule has 5 rings (SSSR count). The molecule has 0 unspecified atom stereocenters. The molecule has 0 aliphatic carbocycles. The maximum absolute atomic E-state index is 6.35. The number of hydrogen-bond acceptors (Lipinski definition) is 3. The molecular weight excluding hydrogens is 296 g/mol. The number of aromatic nitrogens is 4. The molecule has 0 bridgehead atoms. The van der Waals surface area contributed by atoms with Gasteiger partial charge in [-0.2, -0.15) is 0 Å². The Morgan fingerprint density at radius 3 is 2.18 bits per heavy atom. The Labute approximate surface area is 130 Å². The normalized spacial score (nSPS) is 11.9. The molecule has 3 heterocycles. The molecule has 5 aromatic rings. The van der Waals surface area contributed by atoms with Crippen LogP contribution in [0.15, 0.2) is 54.6 Å². The van der Waals surface area contributed by atoms with Crippen molar-refractivity contribution < 1.29 is 0 Å². The highest BCUT2D eigenvalue weighted by Crippen LogP contribution is 2.28. The summed E-state index contributed by atoms with van der Waals surface area (Å²) in [7, 11) is 0. The summed E-state index contributed by atoms with van der Waals surface area (Å²) in [4.78, 5) is 13.9. The van der Waals surface area contributed by atoms with E-state index in [1.165, 1.54) is 0 Å². The number of nitrogens with zero attached hydrogens (tertiary/aromatic N) is 4. The fourth-order valence-corrected chi connectivity index (χ4v) is 3.11. The van der Waals surface area contributed by atoms with Crippen LogP contribution >= 0.6 is 11.6 Å². The van der Waals surface area contributed by atoms with Crippen LogP contribution in [0.3, 0.4) is 0 Å². The van der Waals surface area contributed by atoms with Gasteiger partial charge in [0.2, 0.25) is 0 Å². The summed E-state index contributed by atoms with van der Waals surface area (Å²) in [5.41, 5.74) is 6.00. The summed E-state index contributed by atoms with van der Waals surface area (Å²) in [6, 6.07) is 17.7. The van der Waals surface area contributed by atoms with E-state index in [-0.39, 0.29) is 0 Å². The lowest BCUT2D eigenvalue weighted by Gasteiger charge is -2.04. The first kappa shape index (κ1) is 11.9. The van der Waals surface area contributed by atoms with Crippen molar-refractivity contribution in [1.82, 2.24) is 19.4 Å². The first-order valence-electron chi connectivity index (χ1n) is 6.93. The number of hydrogen-bond donors (Lipinski definition) is 0. The van der Waals surface area contributed by atoms with Crippen molar-refractivity contribution in [3.8, 4) is 0 Å². The van der Waals surface area contributed by atoms with Gasteiger partial charge in [-0.05, 0) is 30.3 Å². The second kappa shape index (κ2) is 4.15. The number of fused-ring (bicyclic) bond motifs is 6. The Balaban J connectivity index is 2.11. The van der Waals surface area contributed by atoms with Gasteiger partial charge in [0.05, 0.1) is 27.6 Å². The first-order chi connectivity index (χ1) is 10.8. The van der Waals surface area contributed by atoms with Crippen molar-refractivity contribution in [3.05, 3.63) is 59.8 Å². The van der Waals surface area contributed by atoms with Crippen LogP contribution < -0.4 is 0 Å². The van der Waals surface area contributed by atoms with E-state index in [9.17, 15) is 0 Å². The van der Waals surface area contributed by atoms with E-state index in [0.717, 1.165) is 38.7 Å². The summed E-state index contributed by atoms with van der Waals surface area (Å²) in [6.45, 7) is 0. The Morgan fingerprint density at radius 1 is 0.682 bits per heavy atom. The number of halogens is 1. The largest absolute Gasteiger partial charge is 0.288 e. The predicted molar refractivity (Wildman–Crippen MR) is 88.3 cm³/mol. The van der Waals surface area contributed by atoms with E-state index in [1.54, 1.807) is 0 Å². The fraction of sp³-hybridized carbons (Fsp3) is 0. The average Bonchev–Trinajstić information content (AvgIpc) is 2.92.